The number of rotatable bonds is 5. The summed E-state index contributed by atoms with van der Waals surface area (Å²) < 4.78 is 7.96. The van der Waals surface area contributed by atoms with Gasteiger partial charge in [0.15, 0.2) is 0 Å². The van der Waals surface area contributed by atoms with Gasteiger partial charge < -0.3 is 4.74 Å². The van der Waals surface area contributed by atoms with E-state index in [-0.39, 0.29) is 6.10 Å². The summed E-state index contributed by atoms with van der Waals surface area (Å²) >= 11 is 0. The highest BCUT2D eigenvalue weighted by Gasteiger charge is 2.23. The minimum Gasteiger partial charge on any atom is -0.491 e. The van der Waals surface area contributed by atoms with Crippen molar-refractivity contribution in [1.29, 1.82) is 0 Å². The third kappa shape index (κ3) is 3.75. The fraction of sp³-hybridized carbons (Fsp3) is 0.409. The molecule has 2 heterocycles. The highest BCUT2D eigenvalue weighted by Crippen LogP contribution is 2.26. The molecule has 1 unspecified atom stereocenters. The van der Waals surface area contributed by atoms with Crippen LogP contribution in [-0.4, -0.2) is 33.9 Å². The van der Waals surface area contributed by atoms with Gasteiger partial charge in [0, 0.05) is 18.5 Å². The van der Waals surface area contributed by atoms with Crippen LogP contribution in [0.3, 0.4) is 0 Å². The molecule has 1 aromatic heterocycles. The van der Waals surface area contributed by atoms with Crippen LogP contribution in [0.25, 0.3) is 10.9 Å². The van der Waals surface area contributed by atoms with Crippen molar-refractivity contribution in [2.24, 2.45) is 0 Å². The number of hydrogen-bond donors (Lipinski definition) is 0. The summed E-state index contributed by atoms with van der Waals surface area (Å²) in [5.41, 5.74) is 2.58. The van der Waals surface area contributed by atoms with E-state index in [1.54, 1.807) is 0 Å². The molecule has 0 amide bonds. The lowest BCUT2D eigenvalue weighted by molar-refractivity contribution is 0.165. The average Bonchev–Trinajstić information content (AvgIpc) is 3.07. The SMILES string of the molecule is CC(C)Oc1ccc(CN2CCCC(n3ncc4ccccc43)C2)cc1. The predicted molar refractivity (Wildman–Crippen MR) is 105 cm³/mol. The number of fused-ring (bicyclic) bond motifs is 1. The first-order valence-electron chi connectivity index (χ1n) is 9.59. The number of para-hydroxylation sites is 1. The van der Waals surface area contributed by atoms with Crippen molar-refractivity contribution in [2.45, 2.75) is 45.4 Å². The number of hydrogen-bond acceptors (Lipinski definition) is 3. The van der Waals surface area contributed by atoms with E-state index in [1.165, 1.54) is 29.3 Å². The van der Waals surface area contributed by atoms with Gasteiger partial charge in [-0.1, -0.05) is 30.3 Å². The van der Waals surface area contributed by atoms with E-state index in [9.17, 15) is 0 Å². The molecule has 4 heteroatoms. The number of likely N-dealkylation sites (tertiary alicyclic amines) is 1. The second-order valence-corrected chi connectivity index (χ2v) is 7.49. The van der Waals surface area contributed by atoms with Gasteiger partial charge in [0.1, 0.15) is 5.75 Å². The van der Waals surface area contributed by atoms with Crippen LogP contribution < -0.4 is 4.74 Å². The van der Waals surface area contributed by atoms with Crippen molar-refractivity contribution in [3.63, 3.8) is 0 Å². The van der Waals surface area contributed by atoms with E-state index in [2.05, 4.69) is 77.1 Å². The molecule has 0 saturated carbocycles. The number of aromatic nitrogens is 2. The van der Waals surface area contributed by atoms with Crippen LogP contribution in [0.5, 0.6) is 5.75 Å². The summed E-state index contributed by atoms with van der Waals surface area (Å²) in [6.07, 6.45) is 4.62. The Hall–Kier alpha value is -2.33. The molecule has 0 spiro atoms. The highest BCUT2D eigenvalue weighted by atomic mass is 16.5. The summed E-state index contributed by atoms with van der Waals surface area (Å²) in [6, 6.07) is 17.5. The predicted octanol–water partition coefficient (Wildman–Crippen LogP) is 4.66. The number of ether oxygens (including phenoxy) is 1. The van der Waals surface area contributed by atoms with E-state index in [0.717, 1.165) is 25.4 Å². The highest BCUT2D eigenvalue weighted by molar-refractivity contribution is 5.78. The Kier molecular flexibility index (Phi) is 4.93. The third-order valence-electron chi connectivity index (χ3n) is 5.03. The van der Waals surface area contributed by atoms with Gasteiger partial charge in [-0.25, -0.2) is 0 Å². The Bertz CT molecular complexity index is 853. The van der Waals surface area contributed by atoms with Gasteiger partial charge in [-0.15, -0.1) is 0 Å². The molecule has 1 fully saturated rings. The fourth-order valence-corrected chi connectivity index (χ4v) is 3.86. The second kappa shape index (κ2) is 7.50. The van der Waals surface area contributed by atoms with Crippen LogP contribution >= 0.6 is 0 Å². The minimum atomic E-state index is 0.215. The molecule has 4 nitrogen and oxygen atoms in total. The van der Waals surface area contributed by atoms with E-state index in [1.807, 2.05) is 6.20 Å². The maximum Gasteiger partial charge on any atom is 0.119 e. The topological polar surface area (TPSA) is 30.3 Å². The lowest BCUT2D eigenvalue weighted by Gasteiger charge is -2.33. The van der Waals surface area contributed by atoms with Gasteiger partial charge >= 0.3 is 0 Å². The van der Waals surface area contributed by atoms with E-state index < -0.39 is 0 Å². The summed E-state index contributed by atoms with van der Waals surface area (Å²) in [6.45, 7) is 7.30. The normalized spacial score (nSPS) is 18.5. The molecule has 26 heavy (non-hydrogen) atoms. The van der Waals surface area contributed by atoms with Crippen molar-refractivity contribution in [1.82, 2.24) is 14.7 Å². The molecule has 1 atom stereocenters. The Morgan fingerprint density at radius 3 is 2.73 bits per heavy atom. The third-order valence-corrected chi connectivity index (χ3v) is 5.03. The monoisotopic (exact) mass is 349 g/mol. The molecule has 0 aliphatic carbocycles. The lowest BCUT2D eigenvalue weighted by atomic mass is 10.0. The first-order valence-corrected chi connectivity index (χ1v) is 9.59. The van der Waals surface area contributed by atoms with Crippen LogP contribution in [0.15, 0.2) is 54.7 Å². The zero-order valence-electron chi connectivity index (χ0n) is 15.6. The molecule has 3 aromatic rings. The lowest BCUT2D eigenvalue weighted by Crippen LogP contribution is -2.36. The van der Waals surface area contributed by atoms with E-state index in [0.29, 0.717) is 6.04 Å². The molecule has 1 aliphatic rings. The summed E-state index contributed by atoms with van der Waals surface area (Å²) in [4.78, 5) is 2.54. The molecule has 0 bridgehead atoms. The molecular formula is C22H27N3O. The molecular weight excluding hydrogens is 322 g/mol. The van der Waals surface area contributed by atoms with Gasteiger partial charge in [0.25, 0.3) is 0 Å². The van der Waals surface area contributed by atoms with Gasteiger partial charge in [-0.2, -0.15) is 5.10 Å². The first-order chi connectivity index (χ1) is 12.7. The standard InChI is InChI=1S/C22H27N3O/c1-17(2)26-21-11-9-18(10-12-21)15-24-13-5-7-20(16-24)25-22-8-4-3-6-19(22)14-23-25/h3-4,6,8-12,14,17,20H,5,7,13,15-16H2,1-2H3. The zero-order valence-corrected chi connectivity index (χ0v) is 15.6. The maximum atomic E-state index is 5.74. The smallest absolute Gasteiger partial charge is 0.119 e. The Labute approximate surface area is 155 Å². The molecule has 136 valence electrons. The van der Waals surface area contributed by atoms with Gasteiger partial charge in [0.2, 0.25) is 0 Å². The number of piperidine rings is 1. The Morgan fingerprint density at radius 1 is 1.12 bits per heavy atom. The van der Waals surface area contributed by atoms with E-state index >= 15 is 0 Å². The minimum absolute atomic E-state index is 0.215. The molecule has 2 aromatic carbocycles. The molecule has 1 saturated heterocycles. The van der Waals surface area contributed by atoms with Crippen LogP contribution in [0.4, 0.5) is 0 Å². The van der Waals surface area contributed by atoms with E-state index in [4.69, 9.17) is 4.74 Å². The van der Waals surface area contributed by atoms with Crippen LogP contribution in [0, 0.1) is 0 Å². The average molecular weight is 349 g/mol. The van der Waals surface area contributed by atoms with Crippen LogP contribution in [-0.2, 0) is 6.54 Å². The molecule has 0 N–H and O–H groups in total. The molecule has 0 radical (unpaired) electrons. The van der Waals surface area contributed by atoms with Gasteiger partial charge in [0.05, 0.1) is 23.9 Å². The summed E-state index contributed by atoms with van der Waals surface area (Å²) in [5.74, 6) is 0.947. The number of nitrogens with zero attached hydrogens (tertiary/aromatic N) is 3. The van der Waals surface area contributed by atoms with Crippen LogP contribution in [0.2, 0.25) is 0 Å². The van der Waals surface area contributed by atoms with Crippen LogP contribution in [0.1, 0.15) is 38.3 Å². The number of benzene rings is 2. The maximum absolute atomic E-state index is 5.74. The molecule has 1 aliphatic heterocycles. The quantitative estimate of drug-likeness (QED) is 0.671. The zero-order chi connectivity index (χ0) is 17.9. The Morgan fingerprint density at radius 2 is 1.92 bits per heavy atom. The largest absolute Gasteiger partial charge is 0.491 e. The van der Waals surface area contributed by atoms with Crippen molar-refractivity contribution in [2.75, 3.05) is 13.1 Å². The first kappa shape index (κ1) is 17.1. The summed E-state index contributed by atoms with van der Waals surface area (Å²) in [7, 11) is 0. The fourth-order valence-electron chi connectivity index (χ4n) is 3.86. The Balaban J connectivity index is 1.44. The van der Waals surface area contributed by atoms with Crippen molar-refractivity contribution in [3.05, 3.63) is 60.3 Å². The van der Waals surface area contributed by atoms with Crippen molar-refractivity contribution >= 4 is 10.9 Å². The second-order valence-electron chi connectivity index (χ2n) is 7.49. The van der Waals surface area contributed by atoms with Crippen molar-refractivity contribution < 1.29 is 4.74 Å². The molecule has 4 rings (SSSR count). The van der Waals surface area contributed by atoms with Gasteiger partial charge in [-0.05, 0) is 57.0 Å². The van der Waals surface area contributed by atoms with Gasteiger partial charge in [-0.3, -0.25) is 9.58 Å². The van der Waals surface area contributed by atoms with Crippen molar-refractivity contribution in [3.8, 4) is 5.75 Å². The summed E-state index contributed by atoms with van der Waals surface area (Å²) in [5, 5.41) is 5.90.